The van der Waals surface area contributed by atoms with Gasteiger partial charge in [-0.15, -0.1) is 0 Å². The lowest BCUT2D eigenvalue weighted by Crippen LogP contribution is -2.50. The predicted octanol–water partition coefficient (Wildman–Crippen LogP) is 3.42. The van der Waals surface area contributed by atoms with E-state index in [0.29, 0.717) is 0 Å². The molecule has 0 spiro atoms. The van der Waals surface area contributed by atoms with E-state index in [0.717, 1.165) is 18.0 Å². The molecule has 0 amide bonds. The molecule has 2 nitrogen and oxygen atoms in total. The molecular formula is C16H32N2. The maximum Gasteiger partial charge on any atom is 0.0223 e. The van der Waals surface area contributed by atoms with Crippen LogP contribution in [0.1, 0.15) is 65.2 Å². The number of nitrogens with zero attached hydrogens (tertiary/aromatic N) is 1. The fraction of sp³-hybridized carbons (Fsp3) is 1.00. The Morgan fingerprint density at radius 1 is 0.944 bits per heavy atom. The molecule has 2 heteroatoms. The molecule has 106 valence electrons. The molecule has 1 N–H and O–H groups in total. The van der Waals surface area contributed by atoms with Crippen LogP contribution in [0.3, 0.4) is 0 Å². The van der Waals surface area contributed by atoms with Gasteiger partial charge in [0.1, 0.15) is 0 Å². The van der Waals surface area contributed by atoms with E-state index in [1.807, 2.05) is 0 Å². The van der Waals surface area contributed by atoms with Crippen LogP contribution in [0.5, 0.6) is 0 Å². The smallest absolute Gasteiger partial charge is 0.0223 e. The molecule has 18 heavy (non-hydrogen) atoms. The quantitative estimate of drug-likeness (QED) is 0.771. The third-order valence-corrected chi connectivity index (χ3v) is 5.21. The molecule has 3 unspecified atom stereocenters. The fourth-order valence-corrected chi connectivity index (χ4v) is 4.03. The average Bonchev–Trinajstić information content (AvgIpc) is 2.66. The molecule has 1 saturated carbocycles. The number of likely N-dealkylation sites (N-methyl/N-ethyl adjacent to an activating group) is 1. The molecule has 1 aliphatic heterocycles. The SMILES string of the molecule is CCC1CCCC(N(CC)C2CCCNC2)CC1. The van der Waals surface area contributed by atoms with Gasteiger partial charge in [0, 0.05) is 18.6 Å². The highest BCUT2D eigenvalue weighted by molar-refractivity contribution is 4.85. The number of nitrogens with one attached hydrogen (secondary N) is 1. The summed E-state index contributed by atoms with van der Waals surface area (Å²) in [5.74, 6) is 1.01. The van der Waals surface area contributed by atoms with Crippen molar-refractivity contribution in [2.45, 2.75) is 77.3 Å². The second kappa shape index (κ2) is 7.49. The molecule has 0 bridgehead atoms. The lowest BCUT2D eigenvalue weighted by molar-refractivity contribution is 0.107. The van der Waals surface area contributed by atoms with Crippen molar-refractivity contribution in [1.29, 1.82) is 0 Å². The van der Waals surface area contributed by atoms with Crippen molar-refractivity contribution in [3.05, 3.63) is 0 Å². The number of piperidine rings is 1. The fourth-order valence-electron chi connectivity index (χ4n) is 4.03. The van der Waals surface area contributed by atoms with Crippen LogP contribution in [-0.2, 0) is 0 Å². The first kappa shape index (κ1) is 14.3. The van der Waals surface area contributed by atoms with E-state index in [1.54, 1.807) is 0 Å². The highest BCUT2D eigenvalue weighted by Crippen LogP contribution is 2.29. The molecule has 3 atom stereocenters. The Kier molecular flexibility index (Phi) is 5.97. The second-order valence-corrected chi connectivity index (χ2v) is 6.27. The average molecular weight is 252 g/mol. The summed E-state index contributed by atoms with van der Waals surface area (Å²) >= 11 is 0. The summed E-state index contributed by atoms with van der Waals surface area (Å²) < 4.78 is 0. The van der Waals surface area contributed by atoms with E-state index in [1.165, 1.54) is 71.0 Å². The molecular weight excluding hydrogens is 220 g/mol. The Hall–Kier alpha value is -0.0800. The third kappa shape index (κ3) is 3.71. The summed E-state index contributed by atoms with van der Waals surface area (Å²) in [7, 11) is 0. The third-order valence-electron chi connectivity index (χ3n) is 5.21. The van der Waals surface area contributed by atoms with Gasteiger partial charge in [0.05, 0.1) is 0 Å². The Balaban J connectivity index is 1.90. The minimum absolute atomic E-state index is 0.812. The molecule has 1 aliphatic carbocycles. The Labute approximate surface area is 114 Å². The molecule has 2 fully saturated rings. The van der Waals surface area contributed by atoms with Gasteiger partial charge in [-0.3, -0.25) is 4.90 Å². The summed E-state index contributed by atoms with van der Waals surface area (Å²) in [5.41, 5.74) is 0. The molecule has 0 aromatic heterocycles. The van der Waals surface area contributed by atoms with Crippen LogP contribution in [0.15, 0.2) is 0 Å². The largest absolute Gasteiger partial charge is 0.315 e. The normalized spacial score (nSPS) is 34.5. The molecule has 0 radical (unpaired) electrons. The van der Waals surface area contributed by atoms with Crippen molar-refractivity contribution in [1.82, 2.24) is 10.2 Å². The van der Waals surface area contributed by atoms with E-state index >= 15 is 0 Å². The first-order valence-electron chi connectivity index (χ1n) is 8.31. The van der Waals surface area contributed by atoms with Crippen LogP contribution < -0.4 is 5.32 Å². The first-order chi connectivity index (χ1) is 8.85. The number of rotatable bonds is 4. The monoisotopic (exact) mass is 252 g/mol. The molecule has 1 heterocycles. The van der Waals surface area contributed by atoms with Crippen molar-refractivity contribution in [3.63, 3.8) is 0 Å². The maximum absolute atomic E-state index is 3.58. The lowest BCUT2D eigenvalue weighted by atomic mass is 9.97. The van der Waals surface area contributed by atoms with Gasteiger partial charge in [0.25, 0.3) is 0 Å². The molecule has 0 aromatic rings. The van der Waals surface area contributed by atoms with Crippen molar-refractivity contribution in [2.75, 3.05) is 19.6 Å². The Morgan fingerprint density at radius 3 is 2.44 bits per heavy atom. The zero-order chi connectivity index (χ0) is 12.8. The second-order valence-electron chi connectivity index (χ2n) is 6.27. The minimum atomic E-state index is 0.812. The topological polar surface area (TPSA) is 15.3 Å². The minimum Gasteiger partial charge on any atom is -0.315 e. The van der Waals surface area contributed by atoms with Gasteiger partial charge in [0.2, 0.25) is 0 Å². The van der Waals surface area contributed by atoms with Gasteiger partial charge < -0.3 is 5.32 Å². The van der Waals surface area contributed by atoms with Crippen LogP contribution >= 0.6 is 0 Å². The molecule has 2 aliphatic rings. The standard InChI is InChI=1S/C16H32N2/c1-3-14-7-5-8-15(11-10-14)18(4-2)16-9-6-12-17-13-16/h14-17H,3-13H2,1-2H3. The molecule has 0 aromatic carbocycles. The van der Waals surface area contributed by atoms with Gasteiger partial charge in [-0.05, 0) is 51.1 Å². The van der Waals surface area contributed by atoms with Gasteiger partial charge >= 0.3 is 0 Å². The summed E-state index contributed by atoms with van der Waals surface area (Å²) in [6.07, 6.45) is 11.5. The van der Waals surface area contributed by atoms with E-state index in [2.05, 4.69) is 24.1 Å². The van der Waals surface area contributed by atoms with Gasteiger partial charge in [-0.25, -0.2) is 0 Å². The summed E-state index contributed by atoms with van der Waals surface area (Å²) in [5, 5.41) is 3.58. The van der Waals surface area contributed by atoms with E-state index in [4.69, 9.17) is 0 Å². The zero-order valence-electron chi connectivity index (χ0n) is 12.5. The van der Waals surface area contributed by atoms with E-state index in [9.17, 15) is 0 Å². The highest BCUT2D eigenvalue weighted by atomic mass is 15.2. The lowest BCUT2D eigenvalue weighted by Gasteiger charge is -2.39. The van der Waals surface area contributed by atoms with Crippen molar-refractivity contribution >= 4 is 0 Å². The van der Waals surface area contributed by atoms with Crippen LogP contribution in [0.25, 0.3) is 0 Å². The number of hydrogen-bond acceptors (Lipinski definition) is 2. The zero-order valence-corrected chi connectivity index (χ0v) is 12.5. The summed E-state index contributed by atoms with van der Waals surface area (Å²) in [4.78, 5) is 2.82. The predicted molar refractivity (Wildman–Crippen MR) is 78.9 cm³/mol. The number of hydrogen-bond donors (Lipinski definition) is 1. The van der Waals surface area contributed by atoms with E-state index < -0.39 is 0 Å². The summed E-state index contributed by atoms with van der Waals surface area (Å²) in [6.45, 7) is 8.43. The van der Waals surface area contributed by atoms with Crippen LogP contribution in [0.4, 0.5) is 0 Å². The van der Waals surface area contributed by atoms with Gasteiger partial charge in [0.15, 0.2) is 0 Å². The Bertz CT molecular complexity index is 223. The van der Waals surface area contributed by atoms with Gasteiger partial charge in [-0.2, -0.15) is 0 Å². The maximum atomic E-state index is 3.58. The van der Waals surface area contributed by atoms with Crippen molar-refractivity contribution in [3.8, 4) is 0 Å². The van der Waals surface area contributed by atoms with Crippen LogP contribution in [0, 0.1) is 5.92 Å². The van der Waals surface area contributed by atoms with Crippen molar-refractivity contribution < 1.29 is 0 Å². The Morgan fingerprint density at radius 2 is 1.78 bits per heavy atom. The van der Waals surface area contributed by atoms with Crippen LogP contribution in [0.2, 0.25) is 0 Å². The van der Waals surface area contributed by atoms with Gasteiger partial charge in [-0.1, -0.05) is 33.1 Å². The van der Waals surface area contributed by atoms with Crippen molar-refractivity contribution in [2.24, 2.45) is 5.92 Å². The molecule has 1 saturated heterocycles. The highest BCUT2D eigenvalue weighted by Gasteiger charge is 2.28. The van der Waals surface area contributed by atoms with E-state index in [-0.39, 0.29) is 0 Å². The summed E-state index contributed by atoms with van der Waals surface area (Å²) in [6, 6.07) is 1.68. The molecule has 2 rings (SSSR count). The van der Waals surface area contributed by atoms with Crippen LogP contribution in [-0.4, -0.2) is 36.6 Å². The first-order valence-corrected chi connectivity index (χ1v) is 8.31.